The van der Waals surface area contributed by atoms with Crippen LogP contribution in [0.4, 0.5) is 17.8 Å². The van der Waals surface area contributed by atoms with Gasteiger partial charge in [0.2, 0.25) is 29.7 Å². The predicted octanol–water partition coefficient (Wildman–Crippen LogP) is 0.564. The maximum absolute atomic E-state index is 14.2. The standard InChI is InChI=1S/C43H73N17O6.ClH/c1-6-21-64-23-25-66-26-24-65-22-12-47-41-48-42(57-17-13-55(14-18-57)39(62)37(10-8-9-11-44)59-28-35(51-53-59)33(45)27-31(3)4)50-43(49-41)58-19-15-56(16-20-58)40(63)38(32(5)7-2)60-29-36(52-54-60)34(46)30-61;/h1,28-29,31-34,37-38,61H,7-27,30,44-46H2,2-5H3,(H,47,48,49,50);1H/t32-,33-,34-,37-,38-;/m0./s1. The minimum Gasteiger partial charge on any atom is -0.394 e. The number of ether oxygens (including phenoxy) is 3. The molecule has 374 valence electrons. The Morgan fingerprint density at radius 2 is 1.34 bits per heavy atom. The fourth-order valence-corrected chi connectivity index (χ4v) is 7.80. The van der Waals surface area contributed by atoms with Gasteiger partial charge in [0.05, 0.1) is 69.8 Å². The van der Waals surface area contributed by atoms with E-state index in [1.54, 1.807) is 15.6 Å². The van der Waals surface area contributed by atoms with Crippen molar-refractivity contribution >= 4 is 42.1 Å². The second kappa shape index (κ2) is 28.5. The predicted molar refractivity (Wildman–Crippen MR) is 255 cm³/mol. The molecule has 3 aromatic rings. The summed E-state index contributed by atoms with van der Waals surface area (Å²) in [5.74, 6) is 4.04. The van der Waals surface area contributed by atoms with Crippen molar-refractivity contribution in [1.29, 1.82) is 0 Å². The molecular formula is C43H74ClN17O6. The lowest BCUT2D eigenvalue weighted by molar-refractivity contribution is -0.137. The number of aliphatic hydroxyl groups is 1. The highest BCUT2D eigenvalue weighted by atomic mass is 35.5. The first-order valence-electron chi connectivity index (χ1n) is 23.4. The number of terminal acetylenes is 1. The third-order valence-corrected chi connectivity index (χ3v) is 11.8. The number of halogens is 1. The van der Waals surface area contributed by atoms with Gasteiger partial charge in [-0.1, -0.05) is 50.5 Å². The Morgan fingerprint density at radius 1 is 0.791 bits per heavy atom. The molecule has 2 aliphatic heterocycles. The number of aromatic nitrogens is 9. The second-order valence-corrected chi connectivity index (χ2v) is 17.2. The van der Waals surface area contributed by atoms with E-state index >= 15 is 0 Å². The smallest absolute Gasteiger partial charge is 0.247 e. The Balaban J connectivity index is 0.00000980. The summed E-state index contributed by atoms with van der Waals surface area (Å²) in [5, 5.41) is 30.0. The van der Waals surface area contributed by atoms with Crippen molar-refractivity contribution in [3.63, 3.8) is 0 Å². The molecule has 0 unspecified atom stereocenters. The molecule has 3 aromatic heterocycles. The Labute approximate surface area is 400 Å². The number of amides is 2. The number of aliphatic hydroxyl groups excluding tert-OH is 1. The highest BCUT2D eigenvalue weighted by Gasteiger charge is 2.35. The SMILES string of the molecule is C#CCOCCOCCOCCNc1nc(N2CCN(C(=O)[C@H]([C@@H](C)CC)n3cc([C@@H](N)CO)nn3)CC2)nc(N2CCN(C(=O)[C@H](CCCCN)n3cc([C@@H](N)CC(C)C)nn3)CC2)n1.Cl. The number of carbonyl (C=O) groups excluding carboxylic acids is 2. The van der Waals surface area contributed by atoms with E-state index in [-0.39, 0.29) is 49.4 Å². The van der Waals surface area contributed by atoms with Crippen LogP contribution in [0.25, 0.3) is 0 Å². The molecule has 2 aliphatic rings. The van der Waals surface area contributed by atoms with Gasteiger partial charge in [-0.2, -0.15) is 15.0 Å². The van der Waals surface area contributed by atoms with E-state index in [1.807, 2.05) is 29.8 Å². The van der Waals surface area contributed by atoms with Crippen LogP contribution in [-0.4, -0.2) is 183 Å². The van der Waals surface area contributed by atoms with E-state index in [0.29, 0.717) is 140 Å². The molecule has 2 fully saturated rings. The molecule has 5 rings (SSSR count). The van der Waals surface area contributed by atoms with Gasteiger partial charge in [-0.05, 0) is 44.1 Å². The number of carbonyl (C=O) groups is 2. The molecule has 67 heavy (non-hydrogen) atoms. The molecule has 0 saturated carbocycles. The number of hydrogen-bond acceptors (Lipinski definition) is 19. The molecule has 2 amide bonds. The number of rotatable bonds is 28. The Kier molecular flexibility index (Phi) is 23.3. The zero-order chi connectivity index (χ0) is 47.4. The van der Waals surface area contributed by atoms with E-state index in [9.17, 15) is 14.7 Å². The van der Waals surface area contributed by atoms with E-state index < -0.39 is 18.1 Å². The lowest BCUT2D eigenvalue weighted by atomic mass is 9.97. The Hall–Kier alpha value is -4.80. The van der Waals surface area contributed by atoms with Crippen molar-refractivity contribution < 1.29 is 28.9 Å². The van der Waals surface area contributed by atoms with Gasteiger partial charge in [0.25, 0.3) is 0 Å². The highest BCUT2D eigenvalue weighted by Crippen LogP contribution is 2.27. The fourth-order valence-electron chi connectivity index (χ4n) is 7.80. The van der Waals surface area contributed by atoms with Crippen LogP contribution in [0.1, 0.15) is 95.4 Å². The topological polar surface area (TPSA) is 285 Å². The average molecular weight is 961 g/mol. The molecule has 24 heteroatoms. The van der Waals surface area contributed by atoms with Crippen LogP contribution in [0.15, 0.2) is 12.4 Å². The van der Waals surface area contributed by atoms with Crippen molar-refractivity contribution in [3.8, 4) is 12.3 Å². The number of nitrogens with two attached hydrogens (primary N) is 3. The van der Waals surface area contributed by atoms with Crippen LogP contribution in [0.2, 0.25) is 0 Å². The summed E-state index contributed by atoms with van der Waals surface area (Å²) in [5.41, 5.74) is 19.4. The van der Waals surface area contributed by atoms with Crippen LogP contribution in [0, 0.1) is 24.2 Å². The fraction of sp³-hybridized carbons (Fsp3) is 0.744. The third kappa shape index (κ3) is 16.2. The van der Waals surface area contributed by atoms with Crippen LogP contribution in [0.3, 0.4) is 0 Å². The van der Waals surface area contributed by atoms with Crippen molar-refractivity contribution in [3.05, 3.63) is 23.8 Å². The van der Waals surface area contributed by atoms with Gasteiger partial charge in [-0.25, -0.2) is 9.36 Å². The van der Waals surface area contributed by atoms with Crippen LogP contribution < -0.4 is 32.3 Å². The summed E-state index contributed by atoms with van der Waals surface area (Å²) >= 11 is 0. The maximum Gasteiger partial charge on any atom is 0.247 e. The van der Waals surface area contributed by atoms with E-state index in [0.717, 1.165) is 25.7 Å². The van der Waals surface area contributed by atoms with Crippen LogP contribution in [-0.2, 0) is 23.8 Å². The summed E-state index contributed by atoms with van der Waals surface area (Å²) in [4.78, 5) is 50.8. The van der Waals surface area contributed by atoms with Gasteiger partial charge in [-0.15, -0.1) is 29.0 Å². The van der Waals surface area contributed by atoms with Gasteiger partial charge in [0, 0.05) is 58.9 Å². The zero-order valence-corrected chi connectivity index (χ0v) is 40.5. The molecule has 0 bridgehead atoms. The molecule has 5 atom stereocenters. The lowest BCUT2D eigenvalue weighted by Crippen LogP contribution is -2.52. The van der Waals surface area contributed by atoms with Gasteiger partial charge >= 0.3 is 0 Å². The summed E-state index contributed by atoms with van der Waals surface area (Å²) in [6.45, 7) is 15.0. The lowest BCUT2D eigenvalue weighted by Gasteiger charge is -2.38. The molecule has 0 radical (unpaired) electrons. The summed E-state index contributed by atoms with van der Waals surface area (Å²) in [7, 11) is 0. The maximum atomic E-state index is 14.2. The number of piperazine rings is 2. The van der Waals surface area contributed by atoms with Crippen LogP contribution >= 0.6 is 12.4 Å². The summed E-state index contributed by atoms with van der Waals surface area (Å²) in [6, 6.07) is -2.05. The Morgan fingerprint density at radius 3 is 1.91 bits per heavy atom. The first-order valence-corrected chi connectivity index (χ1v) is 23.4. The minimum atomic E-state index is -0.684. The largest absolute Gasteiger partial charge is 0.394 e. The third-order valence-electron chi connectivity index (χ3n) is 11.8. The first kappa shape index (κ1) is 54.8. The van der Waals surface area contributed by atoms with E-state index in [2.05, 4.69) is 55.5 Å². The highest BCUT2D eigenvalue weighted by molar-refractivity contribution is 5.85. The van der Waals surface area contributed by atoms with Crippen molar-refractivity contribution in [2.45, 2.75) is 84.0 Å². The van der Waals surface area contributed by atoms with Crippen molar-refractivity contribution in [1.82, 2.24) is 54.7 Å². The molecular weight excluding hydrogens is 886 g/mol. The van der Waals surface area contributed by atoms with E-state index in [1.165, 1.54) is 0 Å². The molecule has 5 heterocycles. The average Bonchev–Trinajstić information content (AvgIpc) is 4.03. The van der Waals surface area contributed by atoms with Crippen molar-refractivity contribution in [2.75, 3.05) is 127 Å². The normalized spacial score (nSPS) is 16.6. The molecule has 2 saturated heterocycles. The Bertz CT molecular complexity index is 1950. The van der Waals surface area contributed by atoms with Gasteiger partial charge in [0.15, 0.2) is 0 Å². The second-order valence-electron chi connectivity index (χ2n) is 17.2. The van der Waals surface area contributed by atoms with Gasteiger partial charge in [-0.3, -0.25) is 9.59 Å². The minimum absolute atomic E-state index is 0. The summed E-state index contributed by atoms with van der Waals surface area (Å²) < 4.78 is 19.8. The van der Waals surface area contributed by atoms with Gasteiger partial charge < -0.3 is 61.4 Å². The van der Waals surface area contributed by atoms with Crippen molar-refractivity contribution in [2.24, 2.45) is 29.0 Å². The number of nitrogens with zero attached hydrogens (tertiary/aromatic N) is 13. The number of unbranched alkanes of at least 4 members (excludes halogenated alkanes) is 1. The molecule has 0 spiro atoms. The molecule has 23 nitrogen and oxygen atoms in total. The van der Waals surface area contributed by atoms with Gasteiger partial charge in [0.1, 0.15) is 24.4 Å². The molecule has 0 aliphatic carbocycles. The van der Waals surface area contributed by atoms with Crippen LogP contribution in [0.5, 0.6) is 0 Å². The first-order chi connectivity index (χ1) is 32.0. The molecule has 8 N–H and O–H groups in total. The zero-order valence-electron chi connectivity index (χ0n) is 39.7. The number of hydrogen-bond donors (Lipinski definition) is 5. The number of anilines is 3. The summed E-state index contributed by atoms with van der Waals surface area (Å²) in [6.07, 6.45) is 12.3. The monoisotopic (exact) mass is 960 g/mol. The van der Waals surface area contributed by atoms with E-state index in [4.69, 9.17) is 52.8 Å². The number of nitrogens with one attached hydrogen (secondary N) is 1. The quantitative estimate of drug-likeness (QED) is 0.0491. The molecule has 0 aromatic carbocycles.